The summed E-state index contributed by atoms with van der Waals surface area (Å²) in [6.07, 6.45) is 5.30. The number of hydrogen-bond donors (Lipinski definition) is 1. The number of ether oxygens (including phenoxy) is 2. The van der Waals surface area contributed by atoms with Crippen LogP contribution >= 0.6 is 11.3 Å². The van der Waals surface area contributed by atoms with Gasteiger partial charge in [-0.2, -0.15) is 0 Å². The standard InChI is InChI=1S/C18H19N3O3S/c1-11-10-21-14(12(2)19-18(21)25-11)6-8-17(22)20-13-5-7-15(23-3)16(9-13)24-4/h5-10H,1-4H3,(H,20,22). The van der Waals surface area contributed by atoms with E-state index >= 15 is 0 Å². The van der Waals surface area contributed by atoms with E-state index in [-0.39, 0.29) is 5.91 Å². The van der Waals surface area contributed by atoms with Gasteiger partial charge in [0.05, 0.1) is 25.6 Å². The van der Waals surface area contributed by atoms with Crippen LogP contribution < -0.4 is 14.8 Å². The Labute approximate surface area is 149 Å². The van der Waals surface area contributed by atoms with Crippen LogP contribution in [0.5, 0.6) is 11.5 Å². The number of aryl methyl sites for hydroxylation is 2. The first kappa shape index (κ1) is 17.0. The van der Waals surface area contributed by atoms with Crippen molar-refractivity contribution < 1.29 is 14.3 Å². The zero-order valence-corrected chi connectivity index (χ0v) is 15.3. The molecule has 2 heterocycles. The molecule has 1 amide bonds. The van der Waals surface area contributed by atoms with Crippen LogP contribution in [0.25, 0.3) is 11.0 Å². The molecular formula is C18H19N3O3S. The fraction of sp³-hybridized carbons (Fsp3) is 0.222. The van der Waals surface area contributed by atoms with E-state index in [0.29, 0.717) is 17.2 Å². The van der Waals surface area contributed by atoms with Gasteiger partial charge in [-0.25, -0.2) is 4.98 Å². The molecule has 0 aliphatic rings. The average molecular weight is 357 g/mol. The topological polar surface area (TPSA) is 64.9 Å². The third-order valence-electron chi connectivity index (χ3n) is 3.71. The van der Waals surface area contributed by atoms with Gasteiger partial charge >= 0.3 is 0 Å². The van der Waals surface area contributed by atoms with E-state index in [1.54, 1.807) is 49.8 Å². The van der Waals surface area contributed by atoms with Gasteiger partial charge < -0.3 is 14.8 Å². The summed E-state index contributed by atoms with van der Waals surface area (Å²) in [5, 5.41) is 2.81. The minimum Gasteiger partial charge on any atom is -0.493 e. The number of thiazole rings is 1. The van der Waals surface area contributed by atoms with Crippen molar-refractivity contribution in [1.82, 2.24) is 9.38 Å². The lowest BCUT2D eigenvalue weighted by atomic mass is 10.2. The first-order valence-electron chi connectivity index (χ1n) is 7.68. The van der Waals surface area contributed by atoms with Gasteiger partial charge in [0.15, 0.2) is 16.5 Å². The molecule has 3 rings (SSSR count). The Kier molecular flexibility index (Phi) is 4.76. The third-order valence-corrected chi connectivity index (χ3v) is 4.60. The number of carbonyl (C=O) groups excluding carboxylic acids is 1. The maximum atomic E-state index is 12.2. The highest BCUT2D eigenvalue weighted by Gasteiger charge is 2.10. The number of rotatable bonds is 5. The van der Waals surface area contributed by atoms with E-state index in [9.17, 15) is 4.79 Å². The molecular weight excluding hydrogens is 338 g/mol. The van der Waals surface area contributed by atoms with Crippen molar-refractivity contribution in [3.63, 3.8) is 0 Å². The Bertz CT molecular complexity index is 956. The monoisotopic (exact) mass is 357 g/mol. The molecule has 0 aliphatic heterocycles. The molecule has 1 N–H and O–H groups in total. The van der Waals surface area contributed by atoms with Gasteiger partial charge in [-0.05, 0) is 32.1 Å². The SMILES string of the molecule is COc1ccc(NC(=O)C=Cc2c(C)nc3sc(C)cn23)cc1OC. The van der Waals surface area contributed by atoms with Gasteiger partial charge in [0.1, 0.15) is 0 Å². The molecule has 2 aromatic heterocycles. The smallest absolute Gasteiger partial charge is 0.248 e. The van der Waals surface area contributed by atoms with Gasteiger partial charge in [-0.15, -0.1) is 11.3 Å². The molecule has 0 bridgehead atoms. The van der Waals surface area contributed by atoms with Crippen LogP contribution in [0.2, 0.25) is 0 Å². The number of aromatic nitrogens is 2. The van der Waals surface area contributed by atoms with Crippen molar-refractivity contribution in [2.24, 2.45) is 0 Å². The predicted octanol–water partition coefficient (Wildman–Crippen LogP) is 3.68. The molecule has 3 aromatic rings. The molecule has 0 unspecified atom stereocenters. The number of imidazole rings is 1. The molecule has 0 saturated carbocycles. The van der Waals surface area contributed by atoms with Gasteiger partial charge in [0.25, 0.3) is 0 Å². The summed E-state index contributed by atoms with van der Waals surface area (Å²) in [5.74, 6) is 0.945. The van der Waals surface area contributed by atoms with E-state index in [1.807, 2.05) is 24.4 Å². The third kappa shape index (κ3) is 3.51. The number of anilines is 1. The summed E-state index contributed by atoms with van der Waals surface area (Å²) in [6.45, 7) is 3.97. The fourth-order valence-electron chi connectivity index (χ4n) is 2.53. The Morgan fingerprint density at radius 3 is 2.72 bits per heavy atom. The Balaban J connectivity index is 1.77. The second-order valence-electron chi connectivity index (χ2n) is 5.47. The number of methoxy groups -OCH3 is 2. The summed E-state index contributed by atoms with van der Waals surface area (Å²) >= 11 is 1.62. The van der Waals surface area contributed by atoms with Crippen LogP contribution in [0.3, 0.4) is 0 Å². The minimum atomic E-state index is -0.228. The number of nitrogens with one attached hydrogen (secondary N) is 1. The normalized spacial score (nSPS) is 11.2. The minimum absolute atomic E-state index is 0.228. The first-order valence-corrected chi connectivity index (χ1v) is 8.49. The number of hydrogen-bond acceptors (Lipinski definition) is 5. The second kappa shape index (κ2) is 6.98. The average Bonchev–Trinajstić information content (AvgIpc) is 3.07. The molecule has 0 spiro atoms. The molecule has 0 fully saturated rings. The first-order chi connectivity index (χ1) is 12.0. The Hall–Kier alpha value is -2.80. The van der Waals surface area contributed by atoms with Crippen LogP contribution in [-0.2, 0) is 4.79 Å². The maximum Gasteiger partial charge on any atom is 0.248 e. The number of fused-ring (bicyclic) bond motifs is 1. The van der Waals surface area contributed by atoms with Gasteiger partial charge in [0.2, 0.25) is 5.91 Å². The van der Waals surface area contributed by atoms with Gasteiger partial charge in [0, 0.05) is 28.9 Å². The van der Waals surface area contributed by atoms with E-state index in [1.165, 1.54) is 11.0 Å². The van der Waals surface area contributed by atoms with Crippen molar-refractivity contribution in [3.05, 3.63) is 46.7 Å². The lowest BCUT2D eigenvalue weighted by Crippen LogP contribution is -2.08. The van der Waals surface area contributed by atoms with Gasteiger partial charge in [-0.3, -0.25) is 9.20 Å². The summed E-state index contributed by atoms with van der Waals surface area (Å²) in [7, 11) is 3.12. The summed E-state index contributed by atoms with van der Waals surface area (Å²) < 4.78 is 12.4. The summed E-state index contributed by atoms with van der Waals surface area (Å²) in [5.41, 5.74) is 2.43. The zero-order chi connectivity index (χ0) is 18.0. The van der Waals surface area contributed by atoms with Crippen LogP contribution in [0.15, 0.2) is 30.5 Å². The lowest BCUT2D eigenvalue weighted by Gasteiger charge is -2.09. The largest absolute Gasteiger partial charge is 0.493 e. The van der Waals surface area contributed by atoms with E-state index in [0.717, 1.165) is 16.3 Å². The molecule has 0 saturated heterocycles. The van der Waals surface area contributed by atoms with Crippen molar-refractivity contribution in [1.29, 1.82) is 0 Å². The van der Waals surface area contributed by atoms with E-state index in [2.05, 4.69) is 10.3 Å². The van der Waals surface area contributed by atoms with Crippen LogP contribution in [0, 0.1) is 13.8 Å². The number of nitrogens with zero attached hydrogens (tertiary/aromatic N) is 2. The number of carbonyl (C=O) groups is 1. The van der Waals surface area contributed by atoms with Crippen molar-refractivity contribution in [2.75, 3.05) is 19.5 Å². The highest BCUT2D eigenvalue weighted by atomic mass is 32.1. The van der Waals surface area contributed by atoms with Crippen molar-refractivity contribution in [3.8, 4) is 11.5 Å². The van der Waals surface area contributed by atoms with Crippen LogP contribution in [0.1, 0.15) is 16.3 Å². The summed E-state index contributed by atoms with van der Waals surface area (Å²) in [4.78, 5) is 18.8. The Morgan fingerprint density at radius 2 is 2.00 bits per heavy atom. The van der Waals surface area contributed by atoms with E-state index in [4.69, 9.17) is 9.47 Å². The highest BCUT2D eigenvalue weighted by Crippen LogP contribution is 2.29. The Morgan fingerprint density at radius 1 is 1.24 bits per heavy atom. The quantitative estimate of drug-likeness (QED) is 0.708. The molecule has 25 heavy (non-hydrogen) atoms. The molecule has 1 aromatic carbocycles. The second-order valence-corrected chi connectivity index (χ2v) is 6.68. The number of benzene rings is 1. The molecule has 7 heteroatoms. The lowest BCUT2D eigenvalue weighted by molar-refractivity contribution is -0.111. The fourth-order valence-corrected chi connectivity index (χ4v) is 3.41. The number of amides is 1. The molecule has 6 nitrogen and oxygen atoms in total. The predicted molar refractivity (Wildman–Crippen MR) is 99.8 cm³/mol. The summed E-state index contributed by atoms with van der Waals surface area (Å²) in [6, 6.07) is 5.23. The van der Waals surface area contributed by atoms with Crippen molar-refractivity contribution >= 4 is 34.0 Å². The van der Waals surface area contributed by atoms with E-state index < -0.39 is 0 Å². The molecule has 0 aliphatic carbocycles. The van der Waals surface area contributed by atoms with Crippen LogP contribution in [-0.4, -0.2) is 29.5 Å². The zero-order valence-electron chi connectivity index (χ0n) is 14.5. The van der Waals surface area contributed by atoms with Crippen LogP contribution in [0.4, 0.5) is 5.69 Å². The van der Waals surface area contributed by atoms with Crippen molar-refractivity contribution in [2.45, 2.75) is 13.8 Å². The van der Waals surface area contributed by atoms with Gasteiger partial charge in [-0.1, -0.05) is 0 Å². The maximum absolute atomic E-state index is 12.2. The molecule has 0 radical (unpaired) electrons. The highest BCUT2D eigenvalue weighted by molar-refractivity contribution is 7.17. The molecule has 0 atom stereocenters. The molecule has 130 valence electrons.